The number of fused-ring (bicyclic) bond motifs is 1. The molecule has 0 aromatic heterocycles. The molecule has 1 aliphatic heterocycles. The Balaban J connectivity index is 2.32. The van der Waals surface area contributed by atoms with Gasteiger partial charge in [0.1, 0.15) is 0 Å². The molecule has 1 aliphatic rings. The topological polar surface area (TPSA) is 24.1 Å². The van der Waals surface area contributed by atoms with Crippen LogP contribution in [0, 0.1) is 6.92 Å². The summed E-state index contributed by atoms with van der Waals surface area (Å²) in [4.78, 5) is 0. The summed E-state index contributed by atoms with van der Waals surface area (Å²) in [6, 6.07) is 6.68. The van der Waals surface area contributed by atoms with E-state index in [0.29, 0.717) is 5.92 Å². The van der Waals surface area contributed by atoms with Crippen molar-refractivity contribution in [3.8, 4) is 0 Å². The van der Waals surface area contributed by atoms with Crippen LogP contribution in [0.2, 0.25) is 0 Å². The molecule has 1 heterocycles. The molecule has 0 saturated heterocycles. The predicted molar refractivity (Wildman–Crippen MR) is 61.0 cm³/mol. The third-order valence-electron chi connectivity index (χ3n) is 2.91. The molecule has 2 N–H and O–H groups in total. The van der Waals surface area contributed by atoms with Gasteiger partial charge in [-0.2, -0.15) is 0 Å². The molecule has 0 amide bonds. The molecule has 1 aromatic carbocycles. The van der Waals surface area contributed by atoms with Crippen molar-refractivity contribution in [2.45, 2.75) is 19.3 Å². The lowest BCUT2D eigenvalue weighted by Gasteiger charge is -2.26. The van der Waals surface area contributed by atoms with Crippen LogP contribution in [0.4, 0.5) is 5.69 Å². The second-order valence-electron chi connectivity index (χ2n) is 4.06. The number of likely N-dealkylation sites (N-methyl/N-ethyl adjacent to an activating group) is 1. The Kier molecular flexibility index (Phi) is 2.73. The van der Waals surface area contributed by atoms with Crippen LogP contribution in [0.1, 0.15) is 23.5 Å². The van der Waals surface area contributed by atoms with E-state index in [4.69, 9.17) is 0 Å². The van der Waals surface area contributed by atoms with Gasteiger partial charge in [0.15, 0.2) is 0 Å². The van der Waals surface area contributed by atoms with Gasteiger partial charge < -0.3 is 10.6 Å². The van der Waals surface area contributed by atoms with Gasteiger partial charge in [-0.3, -0.25) is 0 Å². The van der Waals surface area contributed by atoms with Gasteiger partial charge >= 0.3 is 0 Å². The van der Waals surface area contributed by atoms with Gasteiger partial charge in [0.25, 0.3) is 0 Å². The molecule has 0 bridgehead atoms. The maximum absolute atomic E-state index is 3.45. The molecule has 1 aromatic rings. The fourth-order valence-corrected chi connectivity index (χ4v) is 2.18. The fourth-order valence-electron chi connectivity index (χ4n) is 2.18. The lowest BCUT2D eigenvalue weighted by Crippen LogP contribution is -2.24. The first kappa shape index (κ1) is 9.53. The third-order valence-corrected chi connectivity index (χ3v) is 2.91. The average Bonchev–Trinajstić information content (AvgIpc) is 2.19. The molecule has 14 heavy (non-hydrogen) atoms. The largest absolute Gasteiger partial charge is 0.385 e. The quantitative estimate of drug-likeness (QED) is 0.746. The van der Waals surface area contributed by atoms with Crippen molar-refractivity contribution in [1.29, 1.82) is 0 Å². The monoisotopic (exact) mass is 190 g/mol. The molecule has 76 valence electrons. The standard InChI is InChI=1S/C12H18N2/c1-9-3-4-12-11(7-9)10(8-13-2)5-6-14-12/h3-4,7,10,13-14H,5-6,8H2,1-2H3. The number of anilines is 1. The van der Waals surface area contributed by atoms with Gasteiger partial charge in [0.05, 0.1) is 0 Å². The molecular weight excluding hydrogens is 172 g/mol. The normalized spacial score (nSPS) is 20.0. The minimum atomic E-state index is 0.677. The SMILES string of the molecule is CNCC1CCNc2ccc(C)cc21. The van der Waals surface area contributed by atoms with E-state index in [-0.39, 0.29) is 0 Å². The summed E-state index contributed by atoms with van der Waals surface area (Å²) in [5.41, 5.74) is 4.15. The summed E-state index contributed by atoms with van der Waals surface area (Å²) in [7, 11) is 2.03. The molecule has 0 spiro atoms. The van der Waals surface area contributed by atoms with E-state index in [9.17, 15) is 0 Å². The number of benzene rings is 1. The Morgan fingerprint density at radius 2 is 2.36 bits per heavy atom. The molecule has 2 heteroatoms. The summed E-state index contributed by atoms with van der Waals surface area (Å²) >= 11 is 0. The highest BCUT2D eigenvalue weighted by Crippen LogP contribution is 2.31. The smallest absolute Gasteiger partial charge is 0.0376 e. The maximum atomic E-state index is 3.45. The summed E-state index contributed by atoms with van der Waals surface area (Å²) in [6.45, 7) is 4.34. The highest BCUT2D eigenvalue weighted by molar-refractivity contribution is 5.56. The van der Waals surface area contributed by atoms with E-state index in [1.54, 1.807) is 0 Å². The molecule has 2 rings (SSSR count). The van der Waals surface area contributed by atoms with Crippen LogP contribution in [-0.4, -0.2) is 20.1 Å². The van der Waals surface area contributed by atoms with Crippen LogP contribution in [0.25, 0.3) is 0 Å². The molecule has 0 aliphatic carbocycles. The van der Waals surface area contributed by atoms with Gasteiger partial charge in [-0.1, -0.05) is 17.7 Å². The lowest BCUT2D eigenvalue weighted by molar-refractivity contribution is 0.586. The highest BCUT2D eigenvalue weighted by Gasteiger charge is 2.18. The van der Waals surface area contributed by atoms with E-state index in [1.807, 2.05) is 7.05 Å². The number of hydrogen-bond acceptors (Lipinski definition) is 2. The van der Waals surface area contributed by atoms with Crippen molar-refractivity contribution in [2.75, 3.05) is 25.5 Å². The van der Waals surface area contributed by atoms with Gasteiger partial charge in [-0.25, -0.2) is 0 Å². The first-order valence-electron chi connectivity index (χ1n) is 5.30. The first-order chi connectivity index (χ1) is 6.81. The van der Waals surface area contributed by atoms with Crippen molar-refractivity contribution in [2.24, 2.45) is 0 Å². The zero-order valence-electron chi connectivity index (χ0n) is 8.93. The van der Waals surface area contributed by atoms with Crippen molar-refractivity contribution in [1.82, 2.24) is 5.32 Å². The van der Waals surface area contributed by atoms with E-state index in [1.165, 1.54) is 23.2 Å². The number of hydrogen-bond donors (Lipinski definition) is 2. The summed E-state index contributed by atoms with van der Waals surface area (Å²) < 4.78 is 0. The van der Waals surface area contributed by atoms with Gasteiger partial charge in [-0.15, -0.1) is 0 Å². The van der Waals surface area contributed by atoms with Crippen LogP contribution in [0.3, 0.4) is 0 Å². The average molecular weight is 190 g/mol. The van der Waals surface area contributed by atoms with Crippen molar-refractivity contribution in [3.05, 3.63) is 29.3 Å². The van der Waals surface area contributed by atoms with Crippen molar-refractivity contribution >= 4 is 5.69 Å². The molecule has 0 saturated carbocycles. The van der Waals surface area contributed by atoms with Crippen LogP contribution < -0.4 is 10.6 Å². The minimum absolute atomic E-state index is 0.677. The molecule has 1 atom stereocenters. The third kappa shape index (κ3) is 1.75. The Bertz CT molecular complexity index is 320. The van der Waals surface area contributed by atoms with Crippen LogP contribution in [-0.2, 0) is 0 Å². The Hall–Kier alpha value is -1.02. The lowest BCUT2D eigenvalue weighted by atomic mass is 9.90. The summed E-state index contributed by atoms with van der Waals surface area (Å²) in [6.07, 6.45) is 1.23. The Labute approximate surface area is 85.7 Å². The molecule has 2 nitrogen and oxygen atoms in total. The molecule has 0 radical (unpaired) electrons. The number of aryl methyl sites for hydroxylation is 1. The maximum Gasteiger partial charge on any atom is 0.0376 e. The van der Waals surface area contributed by atoms with E-state index in [0.717, 1.165) is 13.1 Å². The molecule has 0 fully saturated rings. The number of rotatable bonds is 2. The van der Waals surface area contributed by atoms with Crippen LogP contribution in [0.5, 0.6) is 0 Å². The molecule has 1 unspecified atom stereocenters. The van der Waals surface area contributed by atoms with Gasteiger partial charge in [-0.05, 0) is 32.0 Å². The highest BCUT2D eigenvalue weighted by atomic mass is 14.9. The zero-order chi connectivity index (χ0) is 9.97. The van der Waals surface area contributed by atoms with E-state index < -0.39 is 0 Å². The van der Waals surface area contributed by atoms with E-state index in [2.05, 4.69) is 35.8 Å². The second-order valence-corrected chi connectivity index (χ2v) is 4.06. The van der Waals surface area contributed by atoms with Crippen LogP contribution in [0.15, 0.2) is 18.2 Å². The Morgan fingerprint density at radius 1 is 1.50 bits per heavy atom. The number of nitrogens with one attached hydrogen (secondary N) is 2. The fraction of sp³-hybridized carbons (Fsp3) is 0.500. The van der Waals surface area contributed by atoms with Crippen LogP contribution >= 0.6 is 0 Å². The van der Waals surface area contributed by atoms with Crippen molar-refractivity contribution in [3.63, 3.8) is 0 Å². The predicted octanol–water partition coefficient (Wildman–Crippen LogP) is 2.11. The molecular formula is C12H18N2. The second kappa shape index (κ2) is 4.01. The zero-order valence-corrected chi connectivity index (χ0v) is 8.93. The van der Waals surface area contributed by atoms with Gasteiger partial charge in [0, 0.05) is 24.7 Å². The van der Waals surface area contributed by atoms with E-state index >= 15 is 0 Å². The minimum Gasteiger partial charge on any atom is -0.385 e. The summed E-state index contributed by atoms with van der Waals surface area (Å²) in [5.74, 6) is 0.677. The first-order valence-corrected chi connectivity index (χ1v) is 5.30. The van der Waals surface area contributed by atoms with Gasteiger partial charge in [0.2, 0.25) is 0 Å². The summed E-state index contributed by atoms with van der Waals surface area (Å²) in [5, 5.41) is 6.72. The van der Waals surface area contributed by atoms with Crippen molar-refractivity contribution < 1.29 is 0 Å². The Morgan fingerprint density at radius 3 is 3.14 bits per heavy atom.